The first-order chi connectivity index (χ1) is 11.5. The van der Waals surface area contributed by atoms with Crippen LogP contribution in [0.4, 0.5) is 21.7 Å². The number of aryl methyl sites for hydroxylation is 1. The Morgan fingerprint density at radius 2 is 2.08 bits per heavy atom. The van der Waals surface area contributed by atoms with Gasteiger partial charge in [-0.2, -0.15) is 0 Å². The van der Waals surface area contributed by atoms with Gasteiger partial charge in [-0.15, -0.1) is 0 Å². The monoisotopic (exact) mass is 325 g/mol. The molecule has 120 valence electrons. The molecule has 7 nitrogen and oxygen atoms in total. The Bertz CT molecular complexity index is 902. The highest BCUT2D eigenvalue weighted by Crippen LogP contribution is 2.26. The number of hydrogen-bond acceptors (Lipinski definition) is 6. The van der Waals surface area contributed by atoms with Gasteiger partial charge in [0.15, 0.2) is 5.82 Å². The Morgan fingerprint density at radius 3 is 2.79 bits per heavy atom. The summed E-state index contributed by atoms with van der Waals surface area (Å²) in [6.45, 7) is 1.79. The average molecular weight is 325 g/mol. The van der Waals surface area contributed by atoms with Crippen molar-refractivity contribution >= 4 is 17.3 Å². The van der Waals surface area contributed by atoms with Crippen molar-refractivity contribution in [2.45, 2.75) is 6.92 Å². The molecule has 0 bridgehead atoms. The zero-order valence-electron chi connectivity index (χ0n) is 12.6. The standard InChI is InChI=1S/C16H12FN5O2/c1-10-4-5-12(22(23)24)7-14(10)20-16-19-9-13(17)15(21-16)11-3-2-6-18-8-11/h2-9H,1H3,(H,19,20,21). The minimum absolute atomic E-state index is 0.0577. The van der Waals surface area contributed by atoms with Gasteiger partial charge in [0.05, 0.1) is 16.8 Å². The molecular weight excluding hydrogens is 313 g/mol. The number of benzene rings is 1. The molecule has 0 aliphatic carbocycles. The van der Waals surface area contributed by atoms with Crippen LogP contribution in [-0.4, -0.2) is 19.9 Å². The van der Waals surface area contributed by atoms with Gasteiger partial charge in [-0.3, -0.25) is 15.1 Å². The Hall–Kier alpha value is -3.42. The number of pyridine rings is 1. The molecule has 0 amide bonds. The quantitative estimate of drug-likeness (QED) is 0.581. The van der Waals surface area contributed by atoms with Gasteiger partial charge in [0.2, 0.25) is 5.95 Å². The molecule has 0 saturated heterocycles. The molecule has 1 N–H and O–H groups in total. The first-order valence-electron chi connectivity index (χ1n) is 6.99. The molecule has 0 radical (unpaired) electrons. The number of nitro benzene ring substituents is 1. The summed E-state index contributed by atoms with van der Waals surface area (Å²) in [4.78, 5) is 22.4. The van der Waals surface area contributed by atoms with E-state index in [9.17, 15) is 14.5 Å². The average Bonchev–Trinajstić information content (AvgIpc) is 2.59. The minimum Gasteiger partial charge on any atom is -0.324 e. The van der Waals surface area contributed by atoms with Gasteiger partial charge < -0.3 is 5.32 Å². The van der Waals surface area contributed by atoms with Crippen molar-refractivity contribution in [3.63, 3.8) is 0 Å². The number of non-ortho nitro benzene ring substituents is 1. The highest BCUT2D eigenvalue weighted by molar-refractivity contribution is 5.65. The molecule has 8 heteroatoms. The van der Waals surface area contributed by atoms with E-state index >= 15 is 0 Å². The van der Waals surface area contributed by atoms with Crippen LogP contribution >= 0.6 is 0 Å². The smallest absolute Gasteiger partial charge is 0.271 e. The minimum atomic E-state index is -0.579. The van der Waals surface area contributed by atoms with E-state index in [0.29, 0.717) is 11.3 Å². The number of nitrogens with zero attached hydrogens (tertiary/aromatic N) is 4. The fourth-order valence-electron chi connectivity index (χ4n) is 2.11. The van der Waals surface area contributed by atoms with E-state index in [-0.39, 0.29) is 17.3 Å². The summed E-state index contributed by atoms with van der Waals surface area (Å²) in [5.41, 5.74) is 1.81. The maximum Gasteiger partial charge on any atom is 0.271 e. The summed E-state index contributed by atoms with van der Waals surface area (Å²) in [6, 6.07) is 7.76. The van der Waals surface area contributed by atoms with Crippen LogP contribution in [0.15, 0.2) is 48.9 Å². The third-order valence-corrected chi connectivity index (χ3v) is 3.36. The normalized spacial score (nSPS) is 10.4. The van der Waals surface area contributed by atoms with Crippen LogP contribution < -0.4 is 5.32 Å². The van der Waals surface area contributed by atoms with E-state index in [2.05, 4.69) is 20.3 Å². The van der Waals surface area contributed by atoms with Gasteiger partial charge in [0.25, 0.3) is 5.69 Å². The summed E-state index contributed by atoms with van der Waals surface area (Å²) in [5, 5.41) is 13.8. The van der Waals surface area contributed by atoms with Crippen LogP contribution in [0.5, 0.6) is 0 Å². The molecule has 0 aliphatic rings. The number of aromatic nitrogens is 3. The maximum atomic E-state index is 14.0. The molecule has 0 atom stereocenters. The molecule has 2 aromatic heterocycles. The van der Waals surface area contributed by atoms with Crippen molar-refractivity contribution in [1.82, 2.24) is 15.0 Å². The Kier molecular flexibility index (Phi) is 4.11. The van der Waals surface area contributed by atoms with E-state index in [1.807, 2.05) is 0 Å². The van der Waals surface area contributed by atoms with Crippen molar-refractivity contribution in [1.29, 1.82) is 0 Å². The van der Waals surface area contributed by atoms with Crippen molar-refractivity contribution in [3.8, 4) is 11.3 Å². The molecule has 0 aliphatic heterocycles. The first kappa shape index (κ1) is 15.5. The summed E-state index contributed by atoms with van der Waals surface area (Å²) in [6.07, 6.45) is 4.12. The van der Waals surface area contributed by atoms with Crippen LogP contribution in [-0.2, 0) is 0 Å². The number of nitro groups is 1. The fraction of sp³-hybridized carbons (Fsp3) is 0.0625. The number of nitrogens with one attached hydrogen (secondary N) is 1. The Morgan fingerprint density at radius 1 is 1.25 bits per heavy atom. The maximum absolute atomic E-state index is 14.0. The van der Waals surface area contributed by atoms with Crippen LogP contribution in [0, 0.1) is 22.9 Å². The van der Waals surface area contributed by atoms with E-state index in [1.54, 1.807) is 31.3 Å². The lowest BCUT2D eigenvalue weighted by molar-refractivity contribution is -0.384. The predicted octanol–water partition coefficient (Wildman–Crippen LogP) is 3.64. The molecular formula is C16H12FN5O2. The molecule has 0 unspecified atom stereocenters. The molecule has 3 rings (SSSR count). The lowest BCUT2D eigenvalue weighted by Crippen LogP contribution is -2.02. The summed E-state index contributed by atoms with van der Waals surface area (Å²) >= 11 is 0. The molecule has 3 aromatic rings. The summed E-state index contributed by atoms with van der Waals surface area (Å²) < 4.78 is 14.0. The molecule has 0 spiro atoms. The van der Waals surface area contributed by atoms with Gasteiger partial charge in [0.1, 0.15) is 5.69 Å². The highest BCUT2D eigenvalue weighted by Gasteiger charge is 2.12. The third kappa shape index (κ3) is 3.17. The van der Waals surface area contributed by atoms with Crippen molar-refractivity contribution < 1.29 is 9.31 Å². The number of anilines is 2. The van der Waals surface area contributed by atoms with E-state index in [1.165, 1.54) is 18.3 Å². The molecule has 1 aromatic carbocycles. The molecule has 2 heterocycles. The van der Waals surface area contributed by atoms with Gasteiger partial charge >= 0.3 is 0 Å². The fourth-order valence-corrected chi connectivity index (χ4v) is 2.11. The van der Waals surface area contributed by atoms with Crippen LogP contribution in [0.2, 0.25) is 0 Å². The van der Waals surface area contributed by atoms with Gasteiger partial charge in [-0.05, 0) is 24.6 Å². The van der Waals surface area contributed by atoms with Crippen molar-refractivity contribution in [3.05, 3.63) is 70.4 Å². The van der Waals surface area contributed by atoms with Crippen molar-refractivity contribution in [2.24, 2.45) is 0 Å². The second-order valence-electron chi connectivity index (χ2n) is 5.01. The van der Waals surface area contributed by atoms with Crippen LogP contribution in [0.25, 0.3) is 11.3 Å². The van der Waals surface area contributed by atoms with Gasteiger partial charge in [0, 0.05) is 30.1 Å². The van der Waals surface area contributed by atoms with Crippen LogP contribution in [0.1, 0.15) is 5.56 Å². The lowest BCUT2D eigenvalue weighted by Gasteiger charge is -2.09. The first-order valence-corrected chi connectivity index (χ1v) is 6.99. The van der Waals surface area contributed by atoms with Gasteiger partial charge in [-0.1, -0.05) is 6.07 Å². The highest BCUT2D eigenvalue weighted by atomic mass is 19.1. The zero-order chi connectivity index (χ0) is 17.1. The summed E-state index contributed by atoms with van der Waals surface area (Å²) in [7, 11) is 0. The van der Waals surface area contributed by atoms with E-state index < -0.39 is 10.7 Å². The Balaban J connectivity index is 1.97. The number of rotatable bonds is 4. The molecule has 0 fully saturated rings. The molecule has 24 heavy (non-hydrogen) atoms. The number of halogens is 1. The lowest BCUT2D eigenvalue weighted by atomic mass is 10.2. The molecule has 0 saturated carbocycles. The Labute approximate surface area is 136 Å². The van der Waals surface area contributed by atoms with E-state index in [0.717, 1.165) is 11.8 Å². The van der Waals surface area contributed by atoms with E-state index in [4.69, 9.17) is 0 Å². The largest absolute Gasteiger partial charge is 0.324 e. The zero-order valence-corrected chi connectivity index (χ0v) is 12.6. The summed E-state index contributed by atoms with van der Waals surface area (Å²) in [5.74, 6) is -0.442. The topological polar surface area (TPSA) is 93.8 Å². The van der Waals surface area contributed by atoms with Gasteiger partial charge in [-0.25, -0.2) is 14.4 Å². The second-order valence-corrected chi connectivity index (χ2v) is 5.01. The van der Waals surface area contributed by atoms with Crippen molar-refractivity contribution in [2.75, 3.05) is 5.32 Å². The SMILES string of the molecule is Cc1ccc([N+](=O)[O-])cc1Nc1ncc(F)c(-c2cccnc2)n1. The third-order valence-electron chi connectivity index (χ3n) is 3.36. The predicted molar refractivity (Wildman–Crippen MR) is 86.3 cm³/mol. The second kappa shape index (κ2) is 6.37. The van der Waals surface area contributed by atoms with Crippen LogP contribution in [0.3, 0.4) is 0 Å². The number of hydrogen-bond donors (Lipinski definition) is 1.